The first kappa shape index (κ1) is 12.2. The molecule has 0 fully saturated rings. The van der Waals surface area contributed by atoms with Crippen LogP contribution in [0.4, 0.5) is 0 Å². The van der Waals surface area contributed by atoms with Crippen molar-refractivity contribution >= 4 is 5.97 Å². The molecule has 0 unspecified atom stereocenters. The molecule has 0 N–H and O–H groups in total. The summed E-state index contributed by atoms with van der Waals surface area (Å²) in [5.41, 5.74) is 0. The second-order valence-corrected chi connectivity index (χ2v) is 3.11. The van der Waals surface area contributed by atoms with E-state index >= 15 is 0 Å². The molecule has 0 spiro atoms. The highest BCUT2D eigenvalue weighted by atomic mass is 16.5. The van der Waals surface area contributed by atoms with Crippen molar-refractivity contribution in [1.82, 2.24) is 0 Å². The molecule has 0 saturated heterocycles. The monoisotopic (exact) mass is 184 g/mol. The zero-order chi connectivity index (χ0) is 9.94. The van der Waals surface area contributed by atoms with E-state index in [1.54, 1.807) is 0 Å². The number of hydrogen-bond acceptors (Lipinski definition) is 2. The number of carbonyl (C=O) groups excluding carboxylic acids is 1. The van der Waals surface area contributed by atoms with Gasteiger partial charge in [0.05, 0.1) is 6.61 Å². The quantitative estimate of drug-likeness (QED) is 0.329. The van der Waals surface area contributed by atoms with Crippen molar-refractivity contribution in [2.75, 3.05) is 6.61 Å². The van der Waals surface area contributed by atoms with E-state index in [4.69, 9.17) is 4.74 Å². The van der Waals surface area contributed by atoms with Crippen molar-refractivity contribution in [2.24, 2.45) is 0 Å². The summed E-state index contributed by atoms with van der Waals surface area (Å²) >= 11 is 0. The predicted molar refractivity (Wildman–Crippen MR) is 54.5 cm³/mol. The predicted octanol–water partition coefficient (Wildman–Crippen LogP) is 3.08. The summed E-state index contributed by atoms with van der Waals surface area (Å²) in [5.74, 6) is -0.0551. The maximum Gasteiger partial charge on any atom is 0.305 e. The zero-order valence-electron chi connectivity index (χ0n) is 8.55. The Morgan fingerprint density at radius 3 is 2.77 bits per heavy atom. The Morgan fingerprint density at radius 2 is 2.15 bits per heavy atom. The van der Waals surface area contributed by atoms with E-state index in [1.165, 1.54) is 0 Å². The molecule has 0 aliphatic carbocycles. The molecular formula is C11H20O2. The normalized spacial score (nSPS) is 9.62. The minimum Gasteiger partial charge on any atom is -0.466 e. The molecule has 0 aromatic heterocycles. The lowest BCUT2D eigenvalue weighted by Gasteiger charge is -2.02. The largest absolute Gasteiger partial charge is 0.466 e. The molecule has 0 aliphatic heterocycles. The Morgan fingerprint density at radius 1 is 1.38 bits per heavy atom. The van der Waals surface area contributed by atoms with Crippen LogP contribution in [0, 0.1) is 0 Å². The standard InChI is InChI=1S/C11H20O2/c1-3-5-7-8-10-13-11(12)9-6-4-2/h3H,1,4-10H2,2H3. The van der Waals surface area contributed by atoms with Crippen LogP contribution in [0.25, 0.3) is 0 Å². The third-order valence-electron chi connectivity index (χ3n) is 1.80. The highest BCUT2D eigenvalue weighted by Crippen LogP contribution is 2.00. The third kappa shape index (κ3) is 9.12. The minimum absolute atomic E-state index is 0.0551. The molecule has 76 valence electrons. The van der Waals surface area contributed by atoms with Crippen LogP contribution in [0.3, 0.4) is 0 Å². The summed E-state index contributed by atoms with van der Waals surface area (Å²) in [7, 11) is 0. The summed E-state index contributed by atoms with van der Waals surface area (Å²) in [6.07, 6.45) is 7.45. The summed E-state index contributed by atoms with van der Waals surface area (Å²) in [6, 6.07) is 0. The lowest BCUT2D eigenvalue weighted by atomic mass is 10.2. The maximum absolute atomic E-state index is 11.0. The Bertz CT molecular complexity index is 141. The maximum atomic E-state index is 11.0. The summed E-state index contributed by atoms with van der Waals surface area (Å²) < 4.78 is 5.02. The number of hydrogen-bond donors (Lipinski definition) is 0. The van der Waals surface area contributed by atoms with Gasteiger partial charge in [0.15, 0.2) is 0 Å². The number of carbonyl (C=O) groups is 1. The molecule has 0 aromatic rings. The lowest BCUT2D eigenvalue weighted by molar-refractivity contribution is -0.143. The van der Waals surface area contributed by atoms with Crippen LogP contribution < -0.4 is 0 Å². The average molecular weight is 184 g/mol. The van der Waals surface area contributed by atoms with Crippen LogP contribution in [-0.2, 0) is 9.53 Å². The van der Waals surface area contributed by atoms with Gasteiger partial charge in [-0.25, -0.2) is 0 Å². The number of allylic oxidation sites excluding steroid dienone is 1. The first-order valence-corrected chi connectivity index (χ1v) is 5.07. The molecule has 0 bridgehead atoms. The van der Waals surface area contributed by atoms with E-state index in [-0.39, 0.29) is 5.97 Å². The first-order valence-electron chi connectivity index (χ1n) is 5.07. The third-order valence-corrected chi connectivity index (χ3v) is 1.80. The summed E-state index contributed by atoms with van der Waals surface area (Å²) in [4.78, 5) is 11.0. The van der Waals surface area contributed by atoms with Gasteiger partial charge >= 0.3 is 5.97 Å². The van der Waals surface area contributed by atoms with Gasteiger partial charge in [0.2, 0.25) is 0 Å². The van der Waals surface area contributed by atoms with E-state index in [2.05, 4.69) is 13.5 Å². The number of unbranched alkanes of at least 4 members (excludes halogenated alkanes) is 3. The van der Waals surface area contributed by atoms with Crippen LogP contribution in [0.5, 0.6) is 0 Å². The molecule has 2 nitrogen and oxygen atoms in total. The number of ether oxygens (including phenoxy) is 1. The van der Waals surface area contributed by atoms with Gasteiger partial charge in [0.25, 0.3) is 0 Å². The molecule has 0 aromatic carbocycles. The fourth-order valence-corrected chi connectivity index (χ4v) is 0.970. The van der Waals surface area contributed by atoms with Gasteiger partial charge in [0.1, 0.15) is 0 Å². The molecule has 0 atom stereocenters. The van der Waals surface area contributed by atoms with E-state index in [0.29, 0.717) is 13.0 Å². The highest BCUT2D eigenvalue weighted by Gasteiger charge is 2.00. The average Bonchev–Trinajstić information content (AvgIpc) is 2.14. The van der Waals surface area contributed by atoms with Crippen LogP contribution in [-0.4, -0.2) is 12.6 Å². The Balaban J connectivity index is 3.12. The van der Waals surface area contributed by atoms with Crippen molar-refractivity contribution in [3.63, 3.8) is 0 Å². The molecule has 0 amide bonds. The first-order chi connectivity index (χ1) is 6.31. The van der Waals surface area contributed by atoms with Crippen LogP contribution >= 0.6 is 0 Å². The van der Waals surface area contributed by atoms with Crippen molar-refractivity contribution in [3.05, 3.63) is 12.7 Å². The van der Waals surface area contributed by atoms with Crippen molar-refractivity contribution in [2.45, 2.75) is 45.4 Å². The topological polar surface area (TPSA) is 26.3 Å². The van der Waals surface area contributed by atoms with Gasteiger partial charge in [-0.05, 0) is 25.7 Å². The SMILES string of the molecule is C=CCCCCOC(=O)CCCC. The van der Waals surface area contributed by atoms with E-state index in [0.717, 1.165) is 32.1 Å². The van der Waals surface area contributed by atoms with Crippen LogP contribution in [0.1, 0.15) is 45.4 Å². The number of rotatable bonds is 8. The fourth-order valence-electron chi connectivity index (χ4n) is 0.970. The second-order valence-electron chi connectivity index (χ2n) is 3.11. The second kappa shape index (κ2) is 9.30. The van der Waals surface area contributed by atoms with Gasteiger partial charge < -0.3 is 4.74 Å². The Kier molecular flexibility index (Phi) is 8.73. The molecule has 0 saturated carbocycles. The summed E-state index contributed by atoms with van der Waals surface area (Å²) in [5, 5.41) is 0. The molecule has 0 heterocycles. The van der Waals surface area contributed by atoms with Crippen molar-refractivity contribution in [3.8, 4) is 0 Å². The Labute approximate surface area is 81.0 Å². The molecule has 0 rings (SSSR count). The molecule has 0 aliphatic rings. The van der Waals surface area contributed by atoms with E-state index in [9.17, 15) is 4.79 Å². The van der Waals surface area contributed by atoms with Crippen molar-refractivity contribution in [1.29, 1.82) is 0 Å². The fraction of sp³-hybridized carbons (Fsp3) is 0.727. The van der Waals surface area contributed by atoms with Gasteiger partial charge in [-0.3, -0.25) is 4.79 Å². The van der Waals surface area contributed by atoms with Gasteiger partial charge in [-0.2, -0.15) is 0 Å². The number of esters is 1. The summed E-state index contributed by atoms with van der Waals surface area (Å²) in [6.45, 7) is 6.26. The molecule has 13 heavy (non-hydrogen) atoms. The smallest absolute Gasteiger partial charge is 0.305 e. The van der Waals surface area contributed by atoms with Gasteiger partial charge in [-0.15, -0.1) is 6.58 Å². The molecular weight excluding hydrogens is 164 g/mol. The Hall–Kier alpha value is -0.790. The lowest BCUT2D eigenvalue weighted by Crippen LogP contribution is -2.05. The van der Waals surface area contributed by atoms with Crippen molar-refractivity contribution < 1.29 is 9.53 Å². The van der Waals surface area contributed by atoms with Crippen LogP contribution in [0.2, 0.25) is 0 Å². The van der Waals surface area contributed by atoms with E-state index < -0.39 is 0 Å². The van der Waals surface area contributed by atoms with Gasteiger partial charge in [-0.1, -0.05) is 19.4 Å². The van der Waals surface area contributed by atoms with Gasteiger partial charge in [0, 0.05) is 6.42 Å². The minimum atomic E-state index is -0.0551. The van der Waals surface area contributed by atoms with E-state index in [1.807, 2.05) is 6.08 Å². The zero-order valence-corrected chi connectivity index (χ0v) is 8.55. The molecule has 0 radical (unpaired) electrons. The highest BCUT2D eigenvalue weighted by molar-refractivity contribution is 5.69. The van der Waals surface area contributed by atoms with Crippen LogP contribution in [0.15, 0.2) is 12.7 Å². The molecule has 2 heteroatoms.